The van der Waals surface area contributed by atoms with Crippen molar-refractivity contribution in [2.45, 2.75) is 13.3 Å². The third-order valence-corrected chi connectivity index (χ3v) is 2.90. The summed E-state index contributed by atoms with van der Waals surface area (Å²) >= 11 is 5.70. The van der Waals surface area contributed by atoms with Crippen LogP contribution in [0, 0.1) is 17.2 Å². The number of rotatable bonds is 5. The Balaban J connectivity index is 2.89. The SMILES string of the molecule is CC(CCl)C(=O)N(CCC#N)c1ccccc1. The molecule has 0 aliphatic rings. The van der Waals surface area contributed by atoms with Gasteiger partial charge < -0.3 is 4.90 Å². The van der Waals surface area contributed by atoms with E-state index in [-0.39, 0.29) is 17.7 Å². The van der Waals surface area contributed by atoms with Crippen LogP contribution in [-0.4, -0.2) is 18.3 Å². The second kappa shape index (κ2) is 6.93. The van der Waals surface area contributed by atoms with Gasteiger partial charge in [-0.05, 0) is 12.1 Å². The zero-order valence-electron chi connectivity index (χ0n) is 9.77. The highest BCUT2D eigenvalue weighted by molar-refractivity contribution is 6.19. The molecule has 1 unspecified atom stereocenters. The van der Waals surface area contributed by atoms with Crippen molar-refractivity contribution < 1.29 is 4.79 Å². The predicted molar refractivity (Wildman–Crippen MR) is 68.9 cm³/mol. The first-order valence-electron chi connectivity index (χ1n) is 5.50. The summed E-state index contributed by atoms with van der Waals surface area (Å²) in [5.41, 5.74) is 0.810. The molecule has 0 saturated carbocycles. The molecule has 1 aromatic carbocycles. The van der Waals surface area contributed by atoms with Crippen LogP contribution in [0.1, 0.15) is 13.3 Å². The van der Waals surface area contributed by atoms with Crippen LogP contribution in [-0.2, 0) is 4.79 Å². The van der Waals surface area contributed by atoms with Crippen LogP contribution in [0.4, 0.5) is 5.69 Å². The molecule has 1 amide bonds. The molecule has 0 radical (unpaired) electrons. The van der Waals surface area contributed by atoms with Gasteiger partial charge >= 0.3 is 0 Å². The van der Waals surface area contributed by atoms with E-state index < -0.39 is 0 Å². The number of amides is 1. The normalized spacial score (nSPS) is 11.6. The molecule has 0 saturated heterocycles. The summed E-state index contributed by atoms with van der Waals surface area (Å²) in [6, 6.07) is 11.4. The second-order valence-electron chi connectivity index (χ2n) is 3.79. The maximum Gasteiger partial charge on any atom is 0.231 e. The standard InChI is InChI=1S/C13H15ClN2O/c1-11(10-14)13(17)16(9-5-8-15)12-6-3-2-4-7-12/h2-4,6-7,11H,5,9-10H2,1H3. The molecule has 3 nitrogen and oxygen atoms in total. The highest BCUT2D eigenvalue weighted by Gasteiger charge is 2.20. The average molecular weight is 251 g/mol. The number of hydrogen-bond donors (Lipinski definition) is 0. The summed E-state index contributed by atoms with van der Waals surface area (Å²) in [5, 5.41) is 8.63. The molecule has 90 valence electrons. The van der Waals surface area contributed by atoms with Crippen molar-refractivity contribution in [1.29, 1.82) is 5.26 Å². The highest BCUT2D eigenvalue weighted by Crippen LogP contribution is 2.17. The third kappa shape index (κ3) is 3.76. The molecular formula is C13H15ClN2O. The largest absolute Gasteiger partial charge is 0.311 e. The molecular weight excluding hydrogens is 236 g/mol. The number of alkyl halides is 1. The van der Waals surface area contributed by atoms with Gasteiger partial charge in [0.2, 0.25) is 5.91 Å². The summed E-state index contributed by atoms with van der Waals surface area (Å²) in [7, 11) is 0. The highest BCUT2D eigenvalue weighted by atomic mass is 35.5. The van der Waals surface area contributed by atoms with E-state index in [2.05, 4.69) is 6.07 Å². The van der Waals surface area contributed by atoms with Crippen molar-refractivity contribution in [2.75, 3.05) is 17.3 Å². The zero-order valence-corrected chi connectivity index (χ0v) is 10.5. The molecule has 17 heavy (non-hydrogen) atoms. The fraction of sp³-hybridized carbons (Fsp3) is 0.385. The Kier molecular flexibility index (Phi) is 5.51. The molecule has 0 fully saturated rings. The maximum atomic E-state index is 12.1. The minimum Gasteiger partial charge on any atom is -0.311 e. The topological polar surface area (TPSA) is 44.1 Å². The first kappa shape index (κ1) is 13.5. The summed E-state index contributed by atoms with van der Waals surface area (Å²) in [5.74, 6) is 0.00589. The number of nitriles is 1. The van der Waals surface area contributed by atoms with Gasteiger partial charge in [-0.3, -0.25) is 4.79 Å². The number of anilines is 1. The first-order chi connectivity index (χ1) is 8.20. The van der Waals surface area contributed by atoms with Gasteiger partial charge in [0, 0.05) is 24.0 Å². The summed E-state index contributed by atoms with van der Waals surface area (Å²) in [6.07, 6.45) is 0.315. The van der Waals surface area contributed by atoms with Crippen molar-refractivity contribution in [1.82, 2.24) is 0 Å². The Bertz CT molecular complexity index is 400. The number of carbonyl (C=O) groups excluding carboxylic acids is 1. The lowest BCUT2D eigenvalue weighted by molar-refractivity contribution is -0.121. The average Bonchev–Trinajstić information content (AvgIpc) is 2.39. The molecule has 0 N–H and O–H groups in total. The molecule has 0 bridgehead atoms. The van der Waals surface area contributed by atoms with Crippen molar-refractivity contribution in [3.8, 4) is 6.07 Å². The van der Waals surface area contributed by atoms with Crippen LogP contribution < -0.4 is 4.90 Å². The molecule has 0 spiro atoms. The fourth-order valence-corrected chi connectivity index (χ4v) is 1.60. The molecule has 0 aliphatic heterocycles. The molecule has 0 heterocycles. The van der Waals surface area contributed by atoms with E-state index in [0.717, 1.165) is 5.69 Å². The molecule has 1 aromatic rings. The van der Waals surface area contributed by atoms with Gasteiger partial charge in [-0.25, -0.2) is 0 Å². The van der Waals surface area contributed by atoms with E-state index in [1.807, 2.05) is 30.3 Å². The van der Waals surface area contributed by atoms with Gasteiger partial charge in [0.1, 0.15) is 0 Å². The molecule has 0 aliphatic carbocycles. The Morgan fingerprint density at radius 3 is 2.65 bits per heavy atom. The zero-order chi connectivity index (χ0) is 12.7. The van der Waals surface area contributed by atoms with Crippen molar-refractivity contribution in [2.24, 2.45) is 5.92 Å². The first-order valence-corrected chi connectivity index (χ1v) is 6.03. The minimum absolute atomic E-state index is 0.0403. The lowest BCUT2D eigenvalue weighted by Gasteiger charge is -2.24. The maximum absolute atomic E-state index is 12.1. The Morgan fingerprint density at radius 2 is 2.12 bits per heavy atom. The monoisotopic (exact) mass is 250 g/mol. The van der Waals surface area contributed by atoms with Crippen molar-refractivity contribution >= 4 is 23.2 Å². The molecule has 1 atom stereocenters. The van der Waals surface area contributed by atoms with Crippen LogP contribution in [0.15, 0.2) is 30.3 Å². The van der Waals surface area contributed by atoms with Crippen LogP contribution in [0.3, 0.4) is 0 Å². The van der Waals surface area contributed by atoms with Gasteiger partial charge in [-0.1, -0.05) is 25.1 Å². The summed E-state index contributed by atoms with van der Waals surface area (Å²) in [6.45, 7) is 2.19. The van der Waals surface area contributed by atoms with Gasteiger partial charge in [0.25, 0.3) is 0 Å². The Hall–Kier alpha value is -1.53. The van der Waals surface area contributed by atoms with E-state index >= 15 is 0 Å². The van der Waals surface area contributed by atoms with Gasteiger partial charge in [0.15, 0.2) is 0 Å². The van der Waals surface area contributed by atoms with Crippen molar-refractivity contribution in [3.63, 3.8) is 0 Å². The lowest BCUT2D eigenvalue weighted by atomic mass is 10.1. The van der Waals surface area contributed by atoms with E-state index in [9.17, 15) is 4.79 Å². The smallest absolute Gasteiger partial charge is 0.231 e. The third-order valence-electron chi connectivity index (χ3n) is 2.43. The van der Waals surface area contributed by atoms with Gasteiger partial charge in [-0.2, -0.15) is 5.26 Å². The number of nitrogens with zero attached hydrogens (tertiary/aromatic N) is 2. The van der Waals surface area contributed by atoms with Gasteiger partial charge in [-0.15, -0.1) is 11.6 Å². The van der Waals surface area contributed by atoms with E-state index in [0.29, 0.717) is 13.0 Å². The number of carbonyl (C=O) groups is 1. The predicted octanol–water partition coefficient (Wildman–Crippen LogP) is 2.81. The number of halogens is 1. The minimum atomic E-state index is -0.240. The van der Waals surface area contributed by atoms with Crippen molar-refractivity contribution in [3.05, 3.63) is 30.3 Å². The van der Waals surface area contributed by atoms with Crippen LogP contribution in [0.25, 0.3) is 0 Å². The Morgan fingerprint density at radius 1 is 1.47 bits per heavy atom. The number of hydrogen-bond acceptors (Lipinski definition) is 2. The summed E-state index contributed by atoms with van der Waals surface area (Å²) in [4.78, 5) is 13.7. The molecule has 0 aromatic heterocycles. The number of para-hydroxylation sites is 1. The van der Waals surface area contributed by atoms with E-state index in [1.165, 1.54) is 0 Å². The second-order valence-corrected chi connectivity index (χ2v) is 4.10. The lowest BCUT2D eigenvalue weighted by Crippen LogP contribution is -2.36. The van der Waals surface area contributed by atoms with E-state index in [1.54, 1.807) is 11.8 Å². The summed E-state index contributed by atoms with van der Waals surface area (Å²) < 4.78 is 0. The molecule has 4 heteroatoms. The molecule has 1 rings (SSSR count). The quantitative estimate of drug-likeness (QED) is 0.755. The Labute approximate surface area is 107 Å². The van der Waals surface area contributed by atoms with E-state index in [4.69, 9.17) is 16.9 Å². The fourth-order valence-electron chi connectivity index (χ4n) is 1.47. The van der Waals surface area contributed by atoms with Crippen LogP contribution in [0.5, 0.6) is 0 Å². The van der Waals surface area contributed by atoms with Crippen LogP contribution in [0.2, 0.25) is 0 Å². The van der Waals surface area contributed by atoms with Crippen LogP contribution >= 0.6 is 11.6 Å². The van der Waals surface area contributed by atoms with Gasteiger partial charge in [0.05, 0.1) is 12.5 Å². The number of benzene rings is 1.